The Morgan fingerprint density at radius 1 is 1.17 bits per heavy atom. The molecule has 2 saturated heterocycles. The molecule has 0 atom stereocenters. The van der Waals surface area contributed by atoms with Crippen molar-refractivity contribution in [3.05, 3.63) is 11.4 Å². The molecule has 0 unspecified atom stereocenters. The number of aryl methyl sites for hydroxylation is 2. The summed E-state index contributed by atoms with van der Waals surface area (Å²) in [5.74, 6) is 0.575. The molecule has 0 saturated carbocycles. The van der Waals surface area contributed by atoms with Gasteiger partial charge in [-0.3, -0.25) is 10.00 Å². The van der Waals surface area contributed by atoms with Crippen molar-refractivity contribution in [2.75, 3.05) is 45.9 Å². The zero-order valence-corrected chi connectivity index (χ0v) is 14.7. The van der Waals surface area contributed by atoms with Gasteiger partial charge in [-0.1, -0.05) is 0 Å². The van der Waals surface area contributed by atoms with Gasteiger partial charge in [-0.25, -0.2) is 8.42 Å². The summed E-state index contributed by atoms with van der Waals surface area (Å²) in [5.41, 5.74) is 1.18. The molecule has 1 N–H and O–H groups in total. The Labute approximate surface area is 138 Å². The van der Waals surface area contributed by atoms with Crippen LogP contribution in [0.15, 0.2) is 4.90 Å². The molecular weight excluding hydrogens is 316 g/mol. The van der Waals surface area contributed by atoms with E-state index in [2.05, 4.69) is 15.1 Å². The highest BCUT2D eigenvalue weighted by molar-refractivity contribution is 7.89. The zero-order chi connectivity index (χ0) is 16.4. The number of hydrogen-bond acceptors (Lipinski definition) is 5. The van der Waals surface area contributed by atoms with Crippen molar-refractivity contribution >= 4 is 10.0 Å². The third-order valence-corrected chi connectivity index (χ3v) is 7.01. The van der Waals surface area contributed by atoms with Crippen LogP contribution in [0.4, 0.5) is 0 Å². The Hall–Kier alpha value is -0.960. The molecular formula is C15H26N4O3S. The molecule has 3 heterocycles. The second-order valence-electron chi connectivity index (χ2n) is 6.52. The van der Waals surface area contributed by atoms with Crippen molar-refractivity contribution in [3.63, 3.8) is 0 Å². The minimum atomic E-state index is -3.43. The maximum atomic E-state index is 12.8. The number of piperidine rings is 1. The predicted molar refractivity (Wildman–Crippen MR) is 86.8 cm³/mol. The van der Waals surface area contributed by atoms with Crippen LogP contribution in [0.3, 0.4) is 0 Å². The van der Waals surface area contributed by atoms with Gasteiger partial charge < -0.3 is 4.74 Å². The summed E-state index contributed by atoms with van der Waals surface area (Å²) in [5, 5.41) is 6.79. The standard InChI is InChI=1S/C15H26N4O3S/c1-12-15(13(2)17-16-12)23(20,21)19-5-3-14(4-6-19)11-18-7-9-22-10-8-18/h14H,3-11H2,1-2H3,(H,16,17). The smallest absolute Gasteiger partial charge is 0.246 e. The molecule has 2 aliphatic rings. The van der Waals surface area contributed by atoms with Gasteiger partial charge in [0, 0.05) is 32.7 Å². The van der Waals surface area contributed by atoms with Crippen LogP contribution >= 0.6 is 0 Å². The van der Waals surface area contributed by atoms with E-state index >= 15 is 0 Å². The van der Waals surface area contributed by atoms with E-state index in [4.69, 9.17) is 4.74 Å². The number of aromatic amines is 1. The first-order valence-electron chi connectivity index (χ1n) is 8.30. The molecule has 0 bridgehead atoms. The van der Waals surface area contributed by atoms with E-state index in [0.717, 1.165) is 45.7 Å². The van der Waals surface area contributed by atoms with Crippen molar-refractivity contribution in [2.24, 2.45) is 5.92 Å². The minimum Gasteiger partial charge on any atom is -0.379 e. The predicted octanol–water partition coefficient (Wildman–Crippen LogP) is 0.759. The monoisotopic (exact) mass is 342 g/mol. The van der Waals surface area contributed by atoms with E-state index in [1.54, 1.807) is 18.2 Å². The first kappa shape index (κ1) is 16.9. The number of nitrogens with zero attached hydrogens (tertiary/aromatic N) is 3. The van der Waals surface area contributed by atoms with Gasteiger partial charge in [0.1, 0.15) is 4.90 Å². The third kappa shape index (κ3) is 3.60. The van der Waals surface area contributed by atoms with Gasteiger partial charge >= 0.3 is 0 Å². The van der Waals surface area contributed by atoms with Gasteiger partial charge in [0.25, 0.3) is 0 Å². The molecule has 1 aromatic rings. The average molecular weight is 342 g/mol. The van der Waals surface area contributed by atoms with Gasteiger partial charge in [-0.2, -0.15) is 9.40 Å². The molecule has 1 aromatic heterocycles. The molecule has 2 aliphatic heterocycles. The zero-order valence-electron chi connectivity index (χ0n) is 13.9. The molecule has 23 heavy (non-hydrogen) atoms. The fourth-order valence-corrected chi connectivity index (χ4v) is 5.33. The van der Waals surface area contributed by atoms with Gasteiger partial charge in [0.15, 0.2) is 0 Å². The lowest BCUT2D eigenvalue weighted by Crippen LogP contribution is -2.44. The second-order valence-corrected chi connectivity index (χ2v) is 8.40. The maximum absolute atomic E-state index is 12.8. The van der Waals surface area contributed by atoms with Crippen LogP contribution in [0.2, 0.25) is 0 Å². The number of hydrogen-bond donors (Lipinski definition) is 1. The number of nitrogens with one attached hydrogen (secondary N) is 1. The normalized spacial score (nSPS) is 22.5. The van der Waals surface area contributed by atoms with Gasteiger partial charge in [-0.05, 0) is 32.6 Å². The Kier molecular flexibility index (Phi) is 5.05. The number of sulfonamides is 1. The van der Waals surface area contributed by atoms with E-state index in [0.29, 0.717) is 35.3 Å². The Morgan fingerprint density at radius 2 is 1.83 bits per heavy atom. The highest BCUT2D eigenvalue weighted by Gasteiger charge is 2.33. The average Bonchev–Trinajstić information content (AvgIpc) is 2.88. The quantitative estimate of drug-likeness (QED) is 0.874. The molecule has 7 nitrogen and oxygen atoms in total. The first-order valence-corrected chi connectivity index (χ1v) is 9.74. The number of morpholine rings is 1. The molecule has 3 rings (SSSR count). The first-order chi connectivity index (χ1) is 11.0. The Balaban J connectivity index is 1.60. The van der Waals surface area contributed by atoms with Crippen LogP contribution in [-0.4, -0.2) is 73.8 Å². The minimum absolute atomic E-state index is 0.351. The van der Waals surface area contributed by atoms with Crippen molar-refractivity contribution < 1.29 is 13.2 Å². The van der Waals surface area contributed by atoms with Crippen LogP contribution in [0.1, 0.15) is 24.2 Å². The summed E-state index contributed by atoms with van der Waals surface area (Å²) in [6.07, 6.45) is 1.85. The Bertz CT molecular complexity index is 610. The van der Waals surface area contributed by atoms with Crippen molar-refractivity contribution in [2.45, 2.75) is 31.6 Å². The lowest BCUT2D eigenvalue weighted by molar-refractivity contribution is 0.0269. The topological polar surface area (TPSA) is 78.5 Å². The van der Waals surface area contributed by atoms with Crippen LogP contribution in [0, 0.1) is 19.8 Å². The summed E-state index contributed by atoms with van der Waals surface area (Å²) in [6.45, 7) is 9.36. The highest BCUT2D eigenvalue weighted by Crippen LogP contribution is 2.27. The van der Waals surface area contributed by atoms with Crippen molar-refractivity contribution in [3.8, 4) is 0 Å². The van der Waals surface area contributed by atoms with E-state index < -0.39 is 10.0 Å². The van der Waals surface area contributed by atoms with Crippen LogP contribution in [0.5, 0.6) is 0 Å². The van der Waals surface area contributed by atoms with Crippen LogP contribution < -0.4 is 0 Å². The van der Waals surface area contributed by atoms with E-state index in [1.165, 1.54) is 0 Å². The number of rotatable bonds is 4. The fraction of sp³-hybridized carbons (Fsp3) is 0.800. The molecule has 8 heteroatoms. The molecule has 0 radical (unpaired) electrons. The van der Waals surface area contributed by atoms with E-state index in [1.807, 2.05) is 0 Å². The van der Waals surface area contributed by atoms with Crippen molar-refractivity contribution in [1.82, 2.24) is 19.4 Å². The summed E-state index contributed by atoms with van der Waals surface area (Å²) in [6, 6.07) is 0. The second kappa shape index (κ2) is 6.88. The lowest BCUT2D eigenvalue weighted by atomic mass is 9.97. The van der Waals surface area contributed by atoms with Gasteiger partial charge in [0.2, 0.25) is 10.0 Å². The summed E-state index contributed by atoms with van der Waals surface area (Å²) < 4.78 is 32.6. The maximum Gasteiger partial charge on any atom is 0.246 e. The van der Waals surface area contributed by atoms with Gasteiger partial charge in [-0.15, -0.1) is 0 Å². The molecule has 0 aliphatic carbocycles. The molecule has 0 amide bonds. The SMILES string of the molecule is Cc1n[nH]c(C)c1S(=O)(=O)N1CCC(CN2CCOCC2)CC1. The van der Waals surface area contributed by atoms with Crippen molar-refractivity contribution in [1.29, 1.82) is 0 Å². The molecule has 0 aromatic carbocycles. The summed E-state index contributed by atoms with van der Waals surface area (Å²) in [4.78, 5) is 2.78. The summed E-state index contributed by atoms with van der Waals surface area (Å²) >= 11 is 0. The van der Waals surface area contributed by atoms with Gasteiger partial charge in [0.05, 0.1) is 24.6 Å². The number of aromatic nitrogens is 2. The van der Waals surface area contributed by atoms with Crippen LogP contribution in [0.25, 0.3) is 0 Å². The fourth-order valence-electron chi connectivity index (χ4n) is 3.53. The highest BCUT2D eigenvalue weighted by atomic mass is 32.2. The third-order valence-electron chi connectivity index (χ3n) is 4.85. The summed E-state index contributed by atoms with van der Waals surface area (Å²) in [7, 11) is -3.43. The largest absolute Gasteiger partial charge is 0.379 e. The number of H-pyrrole nitrogens is 1. The lowest BCUT2D eigenvalue weighted by Gasteiger charge is -2.35. The van der Waals surface area contributed by atoms with E-state index in [9.17, 15) is 8.42 Å². The molecule has 2 fully saturated rings. The molecule has 130 valence electrons. The number of ether oxygens (including phenoxy) is 1. The van der Waals surface area contributed by atoms with E-state index in [-0.39, 0.29) is 0 Å². The Morgan fingerprint density at radius 3 is 2.39 bits per heavy atom. The van der Waals surface area contributed by atoms with Crippen LogP contribution in [-0.2, 0) is 14.8 Å². The molecule has 0 spiro atoms.